The molecule has 22 heavy (non-hydrogen) atoms. The number of para-hydroxylation sites is 1. The van der Waals surface area contributed by atoms with E-state index < -0.39 is 6.43 Å². The summed E-state index contributed by atoms with van der Waals surface area (Å²) in [6.07, 6.45) is -2.60. The molecule has 3 aromatic rings. The van der Waals surface area contributed by atoms with Crippen LogP contribution in [0.4, 0.5) is 8.78 Å². The zero-order valence-corrected chi connectivity index (χ0v) is 12.2. The second kappa shape index (κ2) is 5.67. The molecule has 0 saturated carbocycles. The lowest BCUT2D eigenvalue weighted by atomic mass is 10.0. The number of aromatic amines is 1. The van der Waals surface area contributed by atoms with Gasteiger partial charge in [-0.1, -0.05) is 18.2 Å². The highest BCUT2D eigenvalue weighted by molar-refractivity contribution is 5.92. The van der Waals surface area contributed by atoms with Crippen LogP contribution in [0.15, 0.2) is 42.5 Å². The van der Waals surface area contributed by atoms with E-state index in [2.05, 4.69) is 4.98 Å². The second-order valence-corrected chi connectivity index (χ2v) is 4.83. The Morgan fingerprint density at radius 2 is 1.77 bits per heavy atom. The molecule has 0 radical (unpaired) electrons. The summed E-state index contributed by atoms with van der Waals surface area (Å²) in [5.74, 6) is 1.09. The second-order valence-electron chi connectivity index (χ2n) is 4.83. The Balaban J connectivity index is 2.32. The lowest BCUT2D eigenvalue weighted by Crippen LogP contribution is -1.93. The minimum Gasteiger partial charge on any atom is -0.497 e. The number of alkyl halides is 2. The number of H-pyrrole nitrogens is 1. The number of fused-ring (bicyclic) bond motifs is 1. The first kappa shape index (κ1) is 14.4. The number of hydrogen-bond acceptors (Lipinski definition) is 2. The van der Waals surface area contributed by atoms with Crippen molar-refractivity contribution < 1.29 is 18.3 Å². The number of rotatable bonds is 4. The molecule has 0 aliphatic rings. The summed E-state index contributed by atoms with van der Waals surface area (Å²) in [6, 6.07) is 12.1. The highest BCUT2D eigenvalue weighted by atomic mass is 19.3. The summed E-state index contributed by atoms with van der Waals surface area (Å²) >= 11 is 0. The van der Waals surface area contributed by atoms with E-state index in [0.29, 0.717) is 33.7 Å². The van der Waals surface area contributed by atoms with Crippen molar-refractivity contribution in [2.24, 2.45) is 0 Å². The Morgan fingerprint density at radius 1 is 1.00 bits per heavy atom. The molecule has 1 N–H and O–H groups in total. The fraction of sp³-hybridized carbons (Fsp3) is 0.176. The number of halogens is 2. The Hall–Kier alpha value is -2.56. The number of hydrogen-bond donors (Lipinski definition) is 1. The molecule has 0 unspecified atom stereocenters. The third kappa shape index (κ3) is 2.28. The van der Waals surface area contributed by atoms with Gasteiger partial charge in [0.25, 0.3) is 6.43 Å². The summed E-state index contributed by atoms with van der Waals surface area (Å²) in [4.78, 5) is 3.07. The quantitative estimate of drug-likeness (QED) is 0.752. The average molecular weight is 303 g/mol. The van der Waals surface area contributed by atoms with Crippen LogP contribution >= 0.6 is 0 Å². The Bertz CT molecular complexity index is 812. The van der Waals surface area contributed by atoms with Crippen molar-refractivity contribution in [3.8, 4) is 22.8 Å². The highest BCUT2D eigenvalue weighted by Crippen LogP contribution is 2.41. The molecule has 1 aromatic heterocycles. The minimum absolute atomic E-state index is 0.0258. The summed E-state index contributed by atoms with van der Waals surface area (Å²) < 4.78 is 37.7. The smallest absolute Gasteiger partial charge is 0.266 e. The van der Waals surface area contributed by atoms with E-state index in [1.54, 1.807) is 42.5 Å². The van der Waals surface area contributed by atoms with Crippen molar-refractivity contribution in [2.75, 3.05) is 14.2 Å². The maximum Gasteiger partial charge on any atom is 0.266 e. The molecule has 0 bridgehead atoms. The standard InChI is InChI=1S/C17H15F2NO2/c1-21-10-7-8-14(22-2)12(9-10)16-15(17(18)19)11-5-3-4-6-13(11)20-16/h3-9,17,20H,1-2H3. The van der Waals surface area contributed by atoms with Crippen LogP contribution in [0.25, 0.3) is 22.2 Å². The van der Waals surface area contributed by atoms with Crippen LogP contribution in [0, 0.1) is 0 Å². The van der Waals surface area contributed by atoms with E-state index in [1.807, 2.05) is 0 Å². The van der Waals surface area contributed by atoms with E-state index >= 15 is 0 Å². The van der Waals surface area contributed by atoms with Gasteiger partial charge in [0.1, 0.15) is 11.5 Å². The van der Waals surface area contributed by atoms with Gasteiger partial charge in [-0.3, -0.25) is 0 Å². The highest BCUT2D eigenvalue weighted by Gasteiger charge is 2.23. The Morgan fingerprint density at radius 3 is 2.45 bits per heavy atom. The molecule has 1 heterocycles. The number of nitrogens with one attached hydrogen (secondary N) is 1. The largest absolute Gasteiger partial charge is 0.497 e. The summed E-state index contributed by atoms with van der Waals surface area (Å²) in [5.41, 5.74) is 1.54. The summed E-state index contributed by atoms with van der Waals surface area (Å²) in [5, 5.41) is 0.511. The van der Waals surface area contributed by atoms with Crippen LogP contribution in [0.5, 0.6) is 11.5 Å². The molecule has 5 heteroatoms. The molecule has 0 saturated heterocycles. The van der Waals surface area contributed by atoms with Crippen molar-refractivity contribution in [1.29, 1.82) is 0 Å². The molecule has 3 rings (SSSR count). The van der Waals surface area contributed by atoms with Gasteiger partial charge in [0.15, 0.2) is 0 Å². The molecular formula is C17H15F2NO2. The van der Waals surface area contributed by atoms with Crippen LogP contribution in [-0.2, 0) is 0 Å². The molecular weight excluding hydrogens is 288 g/mol. The van der Waals surface area contributed by atoms with Crippen molar-refractivity contribution in [1.82, 2.24) is 4.98 Å². The van der Waals surface area contributed by atoms with Gasteiger partial charge in [0, 0.05) is 16.5 Å². The van der Waals surface area contributed by atoms with Gasteiger partial charge in [-0.25, -0.2) is 8.78 Å². The van der Waals surface area contributed by atoms with Crippen molar-refractivity contribution in [2.45, 2.75) is 6.43 Å². The number of ether oxygens (including phenoxy) is 2. The van der Waals surface area contributed by atoms with Crippen molar-refractivity contribution in [3.05, 3.63) is 48.0 Å². The van der Waals surface area contributed by atoms with Crippen LogP contribution in [0.2, 0.25) is 0 Å². The average Bonchev–Trinajstić information content (AvgIpc) is 2.93. The van der Waals surface area contributed by atoms with Gasteiger partial charge in [0.05, 0.1) is 25.5 Å². The van der Waals surface area contributed by atoms with Crippen molar-refractivity contribution in [3.63, 3.8) is 0 Å². The molecule has 3 nitrogen and oxygen atoms in total. The predicted octanol–water partition coefficient (Wildman–Crippen LogP) is 4.79. The maximum absolute atomic E-state index is 13.6. The Labute approximate surface area is 126 Å². The van der Waals surface area contributed by atoms with E-state index in [9.17, 15) is 8.78 Å². The fourth-order valence-electron chi connectivity index (χ4n) is 2.61. The van der Waals surface area contributed by atoms with E-state index in [-0.39, 0.29) is 5.56 Å². The molecule has 0 aliphatic carbocycles. The molecule has 0 amide bonds. The third-order valence-electron chi connectivity index (χ3n) is 3.64. The van der Waals surface area contributed by atoms with Gasteiger partial charge >= 0.3 is 0 Å². The lowest BCUT2D eigenvalue weighted by Gasteiger charge is -2.11. The first-order valence-corrected chi connectivity index (χ1v) is 6.77. The van der Waals surface area contributed by atoms with Crippen LogP contribution in [-0.4, -0.2) is 19.2 Å². The maximum atomic E-state index is 13.6. The Kier molecular flexibility index (Phi) is 3.71. The van der Waals surface area contributed by atoms with Crippen LogP contribution in [0.3, 0.4) is 0 Å². The van der Waals surface area contributed by atoms with E-state index in [1.165, 1.54) is 14.2 Å². The SMILES string of the molecule is COc1ccc(OC)c(-c2[nH]c3ccccc3c2C(F)F)c1. The normalized spacial score (nSPS) is 11.1. The number of methoxy groups -OCH3 is 2. The predicted molar refractivity (Wildman–Crippen MR) is 81.8 cm³/mol. The fourth-order valence-corrected chi connectivity index (χ4v) is 2.61. The summed E-state index contributed by atoms with van der Waals surface area (Å²) in [6.45, 7) is 0. The number of benzene rings is 2. The minimum atomic E-state index is -2.60. The van der Waals surface area contributed by atoms with Crippen LogP contribution < -0.4 is 9.47 Å². The zero-order chi connectivity index (χ0) is 15.7. The lowest BCUT2D eigenvalue weighted by molar-refractivity contribution is 0.154. The monoisotopic (exact) mass is 303 g/mol. The van der Waals surface area contributed by atoms with E-state index in [0.717, 1.165) is 0 Å². The molecule has 0 spiro atoms. The molecule has 0 fully saturated rings. The molecule has 114 valence electrons. The topological polar surface area (TPSA) is 34.2 Å². The van der Waals surface area contributed by atoms with E-state index in [4.69, 9.17) is 9.47 Å². The third-order valence-corrected chi connectivity index (χ3v) is 3.64. The van der Waals surface area contributed by atoms with Gasteiger partial charge in [-0.05, 0) is 24.3 Å². The summed E-state index contributed by atoms with van der Waals surface area (Å²) in [7, 11) is 3.04. The van der Waals surface area contributed by atoms with Gasteiger partial charge in [0.2, 0.25) is 0 Å². The zero-order valence-electron chi connectivity index (χ0n) is 12.2. The first-order chi connectivity index (χ1) is 10.7. The van der Waals surface area contributed by atoms with Gasteiger partial charge in [-0.2, -0.15) is 0 Å². The van der Waals surface area contributed by atoms with Gasteiger partial charge < -0.3 is 14.5 Å². The van der Waals surface area contributed by atoms with Gasteiger partial charge in [-0.15, -0.1) is 0 Å². The number of aromatic nitrogens is 1. The first-order valence-electron chi connectivity index (χ1n) is 6.77. The van der Waals surface area contributed by atoms with Crippen LogP contribution in [0.1, 0.15) is 12.0 Å². The molecule has 2 aromatic carbocycles. The van der Waals surface area contributed by atoms with Crippen molar-refractivity contribution >= 4 is 10.9 Å². The molecule has 0 atom stereocenters. The molecule has 0 aliphatic heterocycles.